The lowest BCUT2D eigenvalue weighted by atomic mass is 10.1. The van der Waals surface area contributed by atoms with Gasteiger partial charge in [-0.15, -0.1) is 12.4 Å². The van der Waals surface area contributed by atoms with E-state index in [9.17, 15) is 0 Å². The van der Waals surface area contributed by atoms with Crippen molar-refractivity contribution in [3.63, 3.8) is 0 Å². The van der Waals surface area contributed by atoms with E-state index in [2.05, 4.69) is 61.2 Å². The maximum Gasteiger partial charge on any atom is 0.155 e. The highest BCUT2D eigenvalue weighted by Gasteiger charge is 2.22. The van der Waals surface area contributed by atoms with Crippen molar-refractivity contribution >= 4 is 18.2 Å². The molecule has 10 heteroatoms. The average molecular weight is 466 g/mol. The van der Waals surface area contributed by atoms with Crippen molar-refractivity contribution in [1.29, 1.82) is 0 Å². The molecule has 0 unspecified atom stereocenters. The minimum Gasteiger partial charge on any atom is -0.352 e. The zero-order valence-electron chi connectivity index (χ0n) is 18.9. The van der Waals surface area contributed by atoms with Gasteiger partial charge in [-0.2, -0.15) is 10.2 Å². The van der Waals surface area contributed by atoms with Crippen molar-refractivity contribution in [1.82, 2.24) is 39.4 Å². The van der Waals surface area contributed by atoms with Gasteiger partial charge >= 0.3 is 0 Å². The van der Waals surface area contributed by atoms with Crippen LogP contribution in [0.2, 0.25) is 0 Å². The van der Waals surface area contributed by atoms with Gasteiger partial charge in [0.05, 0.1) is 12.7 Å². The first-order valence-electron chi connectivity index (χ1n) is 10.8. The third-order valence-electron chi connectivity index (χ3n) is 6.12. The molecule has 0 bridgehead atoms. The molecule has 33 heavy (non-hydrogen) atoms. The second-order valence-electron chi connectivity index (χ2n) is 8.16. The molecule has 4 aromatic rings. The second-order valence-corrected chi connectivity index (χ2v) is 8.16. The first-order chi connectivity index (χ1) is 15.7. The van der Waals surface area contributed by atoms with Crippen molar-refractivity contribution in [2.45, 2.75) is 20.0 Å². The Hall–Kier alpha value is -3.30. The molecule has 0 saturated carbocycles. The van der Waals surface area contributed by atoms with Crippen molar-refractivity contribution in [3.05, 3.63) is 72.3 Å². The van der Waals surface area contributed by atoms with Gasteiger partial charge in [-0.25, -0.2) is 14.6 Å². The largest absolute Gasteiger partial charge is 0.352 e. The zero-order chi connectivity index (χ0) is 21.9. The second kappa shape index (κ2) is 10.1. The first kappa shape index (κ1) is 22.9. The van der Waals surface area contributed by atoms with Crippen molar-refractivity contribution in [2.75, 3.05) is 31.1 Å². The Bertz CT molecular complexity index is 1160. The molecule has 1 fully saturated rings. The monoisotopic (exact) mass is 465 g/mol. The van der Waals surface area contributed by atoms with Crippen LogP contribution >= 0.6 is 12.4 Å². The lowest BCUT2D eigenvalue weighted by molar-refractivity contribution is 0.249. The molecule has 1 saturated heterocycles. The third-order valence-corrected chi connectivity index (χ3v) is 6.12. The molecule has 0 N–H and O–H groups in total. The number of hydrogen-bond acceptors (Lipinski definition) is 7. The maximum absolute atomic E-state index is 4.70. The number of aryl methyl sites for hydroxylation is 1. The van der Waals surface area contributed by atoms with E-state index in [1.807, 2.05) is 22.6 Å². The lowest BCUT2D eigenvalue weighted by Crippen LogP contribution is -2.46. The fraction of sp³-hybridized carbons (Fsp3) is 0.348. The van der Waals surface area contributed by atoms with Gasteiger partial charge in [-0.3, -0.25) is 14.6 Å². The molecule has 4 heterocycles. The molecule has 1 aromatic carbocycles. The summed E-state index contributed by atoms with van der Waals surface area (Å²) in [5.41, 5.74) is 5.70. The van der Waals surface area contributed by atoms with Gasteiger partial charge < -0.3 is 4.90 Å². The molecule has 1 aliphatic heterocycles. The van der Waals surface area contributed by atoms with E-state index in [0.29, 0.717) is 6.54 Å². The molecule has 0 radical (unpaired) electrons. The van der Waals surface area contributed by atoms with Crippen molar-refractivity contribution in [3.8, 4) is 11.3 Å². The molecule has 0 spiro atoms. The molecule has 5 rings (SSSR count). The van der Waals surface area contributed by atoms with E-state index >= 15 is 0 Å². The number of piperazine rings is 1. The van der Waals surface area contributed by atoms with Crippen LogP contribution < -0.4 is 4.90 Å². The number of hydrogen-bond donors (Lipinski definition) is 0. The summed E-state index contributed by atoms with van der Waals surface area (Å²) < 4.78 is 3.75. The van der Waals surface area contributed by atoms with Gasteiger partial charge in [0.15, 0.2) is 5.82 Å². The Morgan fingerprint density at radius 3 is 2.33 bits per heavy atom. The highest BCUT2D eigenvalue weighted by molar-refractivity contribution is 5.85. The van der Waals surface area contributed by atoms with E-state index < -0.39 is 0 Å². The molecule has 3 aromatic heterocycles. The summed E-state index contributed by atoms with van der Waals surface area (Å²) in [7, 11) is 1.99. The Balaban J connectivity index is 0.00000259. The quantitative estimate of drug-likeness (QED) is 0.433. The normalized spacial score (nSPS) is 14.3. The Morgan fingerprint density at radius 2 is 1.67 bits per heavy atom. The topological polar surface area (TPSA) is 80.8 Å². The molecule has 0 atom stereocenters. The van der Waals surface area contributed by atoms with Gasteiger partial charge in [0.1, 0.15) is 18.3 Å². The summed E-state index contributed by atoms with van der Waals surface area (Å²) >= 11 is 0. The summed E-state index contributed by atoms with van der Waals surface area (Å²) in [4.78, 5) is 18.2. The van der Waals surface area contributed by atoms with Crippen LogP contribution in [-0.2, 0) is 20.1 Å². The number of benzene rings is 1. The Kier molecular flexibility index (Phi) is 7.00. The van der Waals surface area contributed by atoms with E-state index in [0.717, 1.165) is 49.8 Å². The molecule has 0 amide bonds. The highest BCUT2D eigenvalue weighted by atomic mass is 35.5. The van der Waals surface area contributed by atoms with Crippen LogP contribution in [0.25, 0.3) is 11.3 Å². The predicted octanol–water partition coefficient (Wildman–Crippen LogP) is 2.57. The summed E-state index contributed by atoms with van der Waals surface area (Å²) in [6.07, 6.45) is 8.81. The molecular formula is C23H28ClN9. The van der Waals surface area contributed by atoms with Crippen LogP contribution in [0.5, 0.6) is 0 Å². The van der Waals surface area contributed by atoms with Crippen LogP contribution in [0.4, 0.5) is 5.82 Å². The fourth-order valence-electron chi connectivity index (χ4n) is 4.09. The van der Waals surface area contributed by atoms with Gasteiger partial charge in [0.2, 0.25) is 0 Å². The fourth-order valence-corrected chi connectivity index (χ4v) is 4.09. The Labute approximate surface area is 199 Å². The van der Waals surface area contributed by atoms with E-state index in [1.165, 1.54) is 16.8 Å². The van der Waals surface area contributed by atoms with Gasteiger partial charge in [0.25, 0.3) is 0 Å². The van der Waals surface area contributed by atoms with Crippen LogP contribution in [-0.4, -0.2) is 65.6 Å². The number of nitrogens with zero attached hydrogens (tertiary/aromatic N) is 9. The number of aromatic nitrogens is 7. The van der Waals surface area contributed by atoms with Gasteiger partial charge in [-0.05, 0) is 12.5 Å². The number of rotatable bonds is 6. The van der Waals surface area contributed by atoms with Gasteiger partial charge in [0, 0.05) is 69.0 Å². The summed E-state index contributed by atoms with van der Waals surface area (Å²) in [5, 5.41) is 8.54. The van der Waals surface area contributed by atoms with Crippen molar-refractivity contribution in [2.24, 2.45) is 7.05 Å². The molecule has 1 aliphatic rings. The number of halogens is 1. The predicted molar refractivity (Wildman–Crippen MR) is 129 cm³/mol. The van der Waals surface area contributed by atoms with Crippen LogP contribution in [0.15, 0.2) is 55.5 Å². The zero-order valence-corrected chi connectivity index (χ0v) is 19.7. The molecule has 0 aliphatic carbocycles. The van der Waals surface area contributed by atoms with Crippen LogP contribution in [0.3, 0.4) is 0 Å². The van der Waals surface area contributed by atoms with Gasteiger partial charge in [-0.1, -0.05) is 24.3 Å². The van der Waals surface area contributed by atoms with E-state index in [-0.39, 0.29) is 12.4 Å². The molecule has 9 nitrogen and oxygen atoms in total. The summed E-state index contributed by atoms with van der Waals surface area (Å²) in [6.45, 7) is 7.59. The molecular weight excluding hydrogens is 438 g/mol. The van der Waals surface area contributed by atoms with Crippen LogP contribution in [0.1, 0.15) is 16.8 Å². The molecule has 172 valence electrons. The Morgan fingerprint density at radius 1 is 0.909 bits per heavy atom. The standard InChI is InChI=1S/C23H27N9.ClH/c1-18-21(13-27-29(18)2)15-30-9-11-31(12-10-30)23-22(25-7-8-26-23)20-5-3-19(4-6-20)14-32-17-24-16-28-32;/h3-8,13,16-17H,9-12,14-15H2,1-2H3;1H. The summed E-state index contributed by atoms with van der Waals surface area (Å²) in [6, 6.07) is 8.45. The maximum atomic E-state index is 4.70. The first-order valence-corrected chi connectivity index (χ1v) is 10.8. The smallest absolute Gasteiger partial charge is 0.155 e. The highest BCUT2D eigenvalue weighted by Crippen LogP contribution is 2.28. The van der Waals surface area contributed by atoms with Crippen molar-refractivity contribution < 1.29 is 0 Å². The van der Waals surface area contributed by atoms with E-state index in [4.69, 9.17) is 4.98 Å². The minimum absolute atomic E-state index is 0. The van der Waals surface area contributed by atoms with Crippen LogP contribution in [0, 0.1) is 6.92 Å². The minimum atomic E-state index is 0. The SMILES string of the molecule is Cc1c(CN2CCN(c3nccnc3-c3ccc(Cn4cncn4)cc3)CC2)cnn1C.Cl. The lowest BCUT2D eigenvalue weighted by Gasteiger charge is -2.35. The third kappa shape index (κ3) is 5.04. The average Bonchev–Trinajstić information content (AvgIpc) is 3.46. The summed E-state index contributed by atoms with van der Waals surface area (Å²) in [5.74, 6) is 0.953. The number of anilines is 1. The van der Waals surface area contributed by atoms with E-state index in [1.54, 1.807) is 25.0 Å².